The van der Waals surface area contributed by atoms with Crippen molar-refractivity contribution in [3.05, 3.63) is 58.4 Å². The first-order chi connectivity index (χ1) is 12.6. The quantitative estimate of drug-likeness (QED) is 0.717. The van der Waals surface area contributed by atoms with Gasteiger partial charge in [-0.15, -0.1) is 11.3 Å². The molecule has 2 aromatic carbocycles. The predicted molar refractivity (Wildman–Crippen MR) is 102 cm³/mol. The molecule has 0 aliphatic carbocycles. The van der Waals surface area contributed by atoms with Crippen molar-refractivity contribution < 1.29 is 14.3 Å². The first kappa shape index (κ1) is 16.9. The molecule has 3 aromatic rings. The number of nitrogens with one attached hydrogen (secondary N) is 1. The number of para-hydroxylation sites is 2. The zero-order valence-electron chi connectivity index (χ0n) is 13.9. The van der Waals surface area contributed by atoms with Crippen molar-refractivity contribution in [1.82, 2.24) is 4.98 Å². The van der Waals surface area contributed by atoms with E-state index in [-0.39, 0.29) is 12.5 Å². The molecule has 7 heteroatoms. The molecule has 1 aliphatic rings. The van der Waals surface area contributed by atoms with E-state index in [9.17, 15) is 4.79 Å². The summed E-state index contributed by atoms with van der Waals surface area (Å²) in [6.07, 6.45) is -0.715. The molecule has 1 atom stereocenters. The van der Waals surface area contributed by atoms with Crippen LogP contribution in [0, 0.1) is 6.92 Å². The molecule has 5 nitrogen and oxygen atoms in total. The Morgan fingerprint density at radius 3 is 2.69 bits per heavy atom. The fourth-order valence-corrected chi connectivity index (χ4v) is 3.62. The van der Waals surface area contributed by atoms with Crippen LogP contribution in [0.5, 0.6) is 11.5 Å². The smallest absolute Gasteiger partial charge is 0.270 e. The second kappa shape index (κ2) is 6.97. The van der Waals surface area contributed by atoms with Gasteiger partial charge in [0.1, 0.15) is 6.61 Å². The minimum atomic E-state index is -0.715. The number of rotatable bonds is 3. The Labute approximate surface area is 159 Å². The summed E-state index contributed by atoms with van der Waals surface area (Å²) in [6, 6.07) is 14.7. The number of carbonyl (C=O) groups is 1. The molecule has 0 radical (unpaired) electrons. The molecule has 1 aliphatic heterocycles. The van der Waals surface area contributed by atoms with Crippen molar-refractivity contribution >= 4 is 34.0 Å². The van der Waals surface area contributed by atoms with Gasteiger partial charge < -0.3 is 9.47 Å². The van der Waals surface area contributed by atoms with Gasteiger partial charge in [0.05, 0.1) is 5.69 Å². The van der Waals surface area contributed by atoms with Crippen molar-refractivity contribution in [2.75, 3.05) is 11.9 Å². The van der Waals surface area contributed by atoms with Gasteiger partial charge in [-0.1, -0.05) is 35.9 Å². The Morgan fingerprint density at radius 2 is 1.92 bits per heavy atom. The number of hydrogen-bond donors (Lipinski definition) is 1. The number of ether oxygens (including phenoxy) is 2. The van der Waals surface area contributed by atoms with Gasteiger partial charge in [0.25, 0.3) is 5.91 Å². The van der Waals surface area contributed by atoms with Crippen LogP contribution >= 0.6 is 22.9 Å². The van der Waals surface area contributed by atoms with Gasteiger partial charge in [0.2, 0.25) is 6.10 Å². The first-order valence-electron chi connectivity index (χ1n) is 8.03. The summed E-state index contributed by atoms with van der Waals surface area (Å²) in [5.74, 6) is 0.929. The van der Waals surface area contributed by atoms with Gasteiger partial charge in [-0.25, -0.2) is 4.98 Å². The summed E-state index contributed by atoms with van der Waals surface area (Å²) in [4.78, 5) is 18.1. The number of amides is 1. The number of carbonyl (C=O) groups excluding carboxylic acids is 1. The maximum absolute atomic E-state index is 12.5. The topological polar surface area (TPSA) is 60.5 Å². The van der Waals surface area contributed by atoms with Crippen LogP contribution < -0.4 is 14.8 Å². The highest BCUT2D eigenvalue weighted by Crippen LogP contribution is 2.33. The molecular formula is C19H15ClN2O3S. The van der Waals surface area contributed by atoms with E-state index in [1.54, 1.807) is 6.07 Å². The number of thiazole rings is 1. The molecule has 1 amide bonds. The first-order valence-corrected chi connectivity index (χ1v) is 9.22. The number of hydrogen-bond acceptors (Lipinski definition) is 5. The van der Waals surface area contributed by atoms with E-state index >= 15 is 0 Å². The maximum atomic E-state index is 12.5. The fraction of sp³-hybridized carbons (Fsp3) is 0.158. The predicted octanol–water partition coefficient (Wildman–Crippen LogP) is 4.55. The molecular weight excluding hydrogens is 372 g/mol. The van der Waals surface area contributed by atoms with E-state index in [2.05, 4.69) is 10.3 Å². The maximum Gasteiger partial charge on any atom is 0.270 e. The molecule has 26 heavy (non-hydrogen) atoms. The number of aryl methyl sites for hydroxylation is 1. The van der Waals surface area contributed by atoms with Crippen LogP contribution in [0.1, 0.15) is 4.88 Å². The Kier molecular flexibility index (Phi) is 4.53. The summed E-state index contributed by atoms with van der Waals surface area (Å²) >= 11 is 7.35. The molecule has 1 aromatic heterocycles. The Bertz CT molecular complexity index is 956. The lowest BCUT2D eigenvalue weighted by atomic mass is 10.1. The van der Waals surface area contributed by atoms with E-state index in [0.29, 0.717) is 21.7 Å². The highest BCUT2D eigenvalue weighted by atomic mass is 35.5. The van der Waals surface area contributed by atoms with Crippen LogP contribution in [0.4, 0.5) is 5.13 Å². The van der Waals surface area contributed by atoms with Crippen LogP contribution in [-0.2, 0) is 4.79 Å². The van der Waals surface area contributed by atoms with Crippen molar-refractivity contribution in [1.29, 1.82) is 0 Å². The fourth-order valence-electron chi connectivity index (χ4n) is 2.66. The normalized spacial score (nSPS) is 15.5. The number of aromatic nitrogens is 1. The average molecular weight is 387 g/mol. The Hall–Kier alpha value is -2.57. The summed E-state index contributed by atoms with van der Waals surface area (Å²) in [5.41, 5.74) is 1.78. The lowest BCUT2D eigenvalue weighted by Crippen LogP contribution is -2.40. The molecule has 0 spiro atoms. The van der Waals surface area contributed by atoms with Crippen molar-refractivity contribution in [3.8, 4) is 22.8 Å². The Balaban J connectivity index is 1.49. The number of benzene rings is 2. The third kappa shape index (κ3) is 3.38. The van der Waals surface area contributed by atoms with E-state index in [4.69, 9.17) is 21.1 Å². The van der Waals surface area contributed by atoms with Crippen LogP contribution in [0.2, 0.25) is 5.02 Å². The number of fused-ring (bicyclic) bond motifs is 1. The SMILES string of the molecule is Cc1sc(NC(=O)[C@@H]2COc3ccccc3O2)nc1-c1ccc(Cl)cc1. The van der Waals surface area contributed by atoms with Crippen molar-refractivity contribution in [2.24, 2.45) is 0 Å². The summed E-state index contributed by atoms with van der Waals surface area (Å²) in [6.45, 7) is 2.13. The molecule has 0 fully saturated rings. The van der Waals surface area contributed by atoms with Crippen LogP contribution in [0.25, 0.3) is 11.3 Å². The van der Waals surface area contributed by atoms with E-state index < -0.39 is 6.10 Å². The minimum Gasteiger partial charge on any atom is -0.485 e. The Morgan fingerprint density at radius 1 is 1.19 bits per heavy atom. The van der Waals surface area contributed by atoms with Gasteiger partial charge in [0, 0.05) is 15.5 Å². The van der Waals surface area contributed by atoms with E-state index in [1.807, 2.05) is 49.4 Å². The van der Waals surface area contributed by atoms with Crippen molar-refractivity contribution in [3.63, 3.8) is 0 Å². The number of halogens is 1. The van der Waals surface area contributed by atoms with E-state index in [1.165, 1.54) is 11.3 Å². The molecule has 132 valence electrons. The molecule has 0 bridgehead atoms. The van der Waals surface area contributed by atoms with E-state index in [0.717, 1.165) is 16.1 Å². The van der Waals surface area contributed by atoms with Crippen molar-refractivity contribution in [2.45, 2.75) is 13.0 Å². The molecule has 2 heterocycles. The second-order valence-corrected chi connectivity index (χ2v) is 7.42. The van der Waals surface area contributed by atoms with Gasteiger partial charge >= 0.3 is 0 Å². The zero-order valence-corrected chi connectivity index (χ0v) is 15.4. The number of nitrogens with zero attached hydrogens (tertiary/aromatic N) is 1. The molecule has 1 N–H and O–H groups in total. The largest absolute Gasteiger partial charge is 0.485 e. The summed E-state index contributed by atoms with van der Waals surface area (Å²) in [7, 11) is 0. The highest BCUT2D eigenvalue weighted by molar-refractivity contribution is 7.16. The average Bonchev–Trinajstić information content (AvgIpc) is 3.02. The number of anilines is 1. The third-order valence-corrected chi connectivity index (χ3v) is 5.08. The standard InChI is InChI=1S/C19H15ClN2O3S/c1-11-17(12-6-8-13(20)9-7-12)21-19(26-11)22-18(23)16-10-24-14-4-2-3-5-15(14)25-16/h2-9,16H,10H2,1H3,(H,21,22,23)/t16-/m0/s1. The molecule has 0 saturated heterocycles. The van der Waals surface area contributed by atoms with Gasteiger partial charge in [0.15, 0.2) is 16.6 Å². The third-order valence-electron chi connectivity index (χ3n) is 3.95. The lowest BCUT2D eigenvalue weighted by Gasteiger charge is -2.25. The molecule has 0 saturated carbocycles. The lowest BCUT2D eigenvalue weighted by molar-refractivity contribution is -0.125. The van der Waals surface area contributed by atoms with Gasteiger partial charge in [-0.05, 0) is 31.2 Å². The van der Waals surface area contributed by atoms with Gasteiger partial charge in [-0.3, -0.25) is 10.1 Å². The van der Waals surface area contributed by atoms with Crippen LogP contribution in [0.3, 0.4) is 0 Å². The van der Waals surface area contributed by atoms with Gasteiger partial charge in [-0.2, -0.15) is 0 Å². The highest BCUT2D eigenvalue weighted by Gasteiger charge is 2.28. The monoisotopic (exact) mass is 386 g/mol. The second-order valence-electron chi connectivity index (χ2n) is 5.78. The summed E-state index contributed by atoms with van der Waals surface area (Å²) in [5, 5.41) is 4.02. The summed E-state index contributed by atoms with van der Waals surface area (Å²) < 4.78 is 11.3. The molecule has 4 rings (SSSR count). The minimum absolute atomic E-state index is 0.164. The van der Waals surface area contributed by atoms with Crippen LogP contribution in [0.15, 0.2) is 48.5 Å². The van der Waals surface area contributed by atoms with Crippen LogP contribution in [-0.4, -0.2) is 23.6 Å². The zero-order chi connectivity index (χ0) is 18.1. The molecule has 0 unspecified atom stereocenters.